The molecule has 1 atom stereocenters. The highest BCUT2D eigenvalue weighted by atomic mass is 35.5. The number of thiophene rings is 1. The first-order valence-corrected chi connectivity index (χ1v) is 8.39. The van der Waals surface area contributed by atoms with Gasteiger partial charge in [0.05, 0.1) is 12.5 Å². The molecule has 1 aliphatic rings. The van der Waals surface area contributed by atoms with Crippen molar-refractivity contribution in [1.82, 2.24) is 0 Å². The summed E-state index contributed by atoms with van der Waals surface area (Å²) in [5, 5.41) is 4.60. The number of aryl methyl sites for hydroxylation is 2. The fourth-order valence-corrected chi connectivity index (χ4v) is 4.47. The van der Waals surface area contributed by atoms with Crippen molar-refractivity contribution in [1.29, 1.82) is 0 Å². The molecule has 2 aromatic carbocycles. The van der Waals surface area contributed by atoms with E-state index in [0.29, 0.717) is 0 Å². The Morgan fingerprint density at radius 3 is 2.71 bits per heavy atom. The van der Waals surface area contributed by atoms with Gasteiger partial charge in [0.1, 0.15) is 5.75 Å². The van der Waals surface area contributed by atoms with E-state index in [-0.39, 0.29) is 5.38 Å². The molecule has 1 aliphatic carbocycles. The molecule has 0 aliphatic heterocycles. The van der Waals surface area contributed by atoms with Crippen LogP contribution in [0.25, 0.3) is 10.8 Å². The Hall–Kier alpha value is -1.51. The minimum Gasteiger partial charge on any atom is -0.496 e. The molecular formula is C18H15ClOS. The van der Waals surface area contributed by atoms with Crippen LogP contribution >= 0.6 is 22.9 Å². The van der Waals surface area contributed by atoms with E-state index < -0.39 is 0 Å². The van der Waals surface area contributed by atoms with E-state index in [4.69, 9.17) is 16.3 Å². The fourth-order valence-electron chi connectivity index (χ4n) is 3.22. The highest BCUT2D eigenvalue weighted by Gasteiger charge is 2.21. The third-order valence-electron chi connectivity index (χ3n) is 4.26. The van der Waals surface area contributed by atoms with Crippen LogP contribution in [-0.4, -0.2) is 7.11 Å². The van der Waals surface area contributed by atoms with E-state index in [1.807, 2.05) is 11.4 Å². The number of ether oxygens (including phenoxy) is 1. The lowest BCUT2D eigenvalue weighted by atomic mass is 9.97. The maximum absolute atomic E-state index is 6.76. The molecule has 0 radical (unpaired) electrons. The minimum atomic E-state index is -0.121. The van der Waals surface area contributed by atoms with Crippen molar-refractivity contribution in [3.63, 3.8) is 0 Å². The number of benzene rings is 2. The summed E-state index contributed by atoms with van der Waals surface area (Å²) in [6.45, 7) is 0. The van der Waals surface area contributed by atoms with Crippen molar-refractivity contribution < 1.29 is 4.74 Å². The molecule has 0 saturated heterocycles. The predicted molar refractivity (Wildman–Crippen MR) is 89.9 cm³/mol. The van der Waals surface area contributed by atoms with E-state index in [1.54, 1.807) is 18.4 Å². The van der Waals surface area contributed by atoms with Crippen LogP contribution in [0.2, 0.25) is 0 Å². The third kappa shape index (κ3) is 2.05. The number of methoxy groups -OCH3 is 1. The maximum Gasteiger partial charge on any atom is 0.129 e. The monoisotopic (exact) mass is 314 g/mol. The second-order valence-electron chi connectivity index (χ2n) is 5.41. The van der Waals surface area contributed by atoms with Crippen LogP contribution in [0.15, 0.2) is 41.8 Å². The summed E-state index contributed by atoms with van der Waals surface area (Å²) in [5.41, 5.74) is 4.11. The normalized spacial score (nSPS) is 14.6. The lowest BCUT2D eigenvalue weighted by Gasteiger charge is -2.13. The molecule has 21 heavy (non-hydrogen) atoms. The van der Waals surface area contributed by atoms with Gasteiger partial charge in [-0.1, -0.05) is 30.3 Å². The van der Waals surface area contributed by atoms with Crippen molar-refractivity contribution in [2.45, 2.75) is 18.2 Å². The highest BCUT2D eigenvalue weighted by molar-refractivity contribution is 7.10. The first kappa shape index (κ1) is 13.2. The Morgan fingerprint density at radius 1 is 1.14 bits per heavy atom. The zero-order valence-corrected chi connectivity index (χ0v) is 13.3. The molecule has 1 nitrogen and oxygen atoms in total. The summed E-state index contributed by atoms with van der Waals surface area (Å²) in [4.78, 5) is 1.13. The molecule has 1 heterocycles. The largest absolute Gasteiger partial charge is 0.496 e. The number of alkyl halides is 1. The summed E-state index contributed by atoms with van der Waals surface area (Å²) in [7, 11) is 1.69. The molecule has 0 fully saturated rings. The summed E-state index contributed by atoms with van der Waals surface area (Å²) >= 11 is 8.41. The van der Waals surface area contributed by atoms with Gasteiger partial charge in [-0.2, -0.15) is 0 Å². The van der Waals surface area contributed by atoms with Crippen LogP contribution in [-0.2, 0) is 12.8 Å². The quantitative estimate of drug-likeness (QED) is 0.593. The van der Waals surface area contributed by atoms with Crippen molar-refractivity contribution in [3.05, 3.63) is 63.3 Å². The van der Waals surface area contributed by atoms with Crippen molar-refractivity contribution in [2.75, 3.05) is 7.11 Å². The van der Waals surface area contributed by atoms with Crippen LogP contribution in [0.3, 0.4) is 0 Å². The van der Waals surface area contributed by atoms with Gasteiger partial charge in [-0.3, -0.25) is 0 Å². The Labute approximate surface area is 133 Å². The number of rotatable bonds is 3. The molecule has 0 saturated carbocycles. The van der Waals surface area contributed by atoms with Gasteiger partial charge >= 0.3 is 0 Å². The number of hydrogen-bond donors (Lipinski definition) is 0. The van der Waals surface area contributed by atoms with E-state index in [0.717, 1.165) is 23.5 Å². The maximum atomic E-state index is 6.76. The van der Waals surface area contributed by atoms with Crippen molar-refractivity contribution in [2.24, 2.45) is 0 Å². The zero-order valence-electron chi connectivity index (χ0n) is 11.7. The zero-order chi connectivity index (χ0) is 14.4. The van der Waals surface area contributed by atoms with Gasteiger partial charge in [0.2, 0.25) is 0 Å². The molecule has 0 amide bonds. The summed E-state index contributed by atoms with van der Waals surface area (Å²) in [5.74, 6) is 0.881. The molecule has 3 heteroatoms. The Morgan fingerprint density at radius 2 is 1.95 bits per heavy atom. The lowest BCUT2D eigenvalue weighted by molar-refractivity contribution is 0.416. The van der Waals surface area contributed by atoms with Crippen LogP contribution in [0, 0.1) is 0 Å². The molecule has 0 N–H and O–H groups in total. The van der Waals surface area contributed by atoms with Crippen LogP contribution in [0.4, 0.5) is 0 Å². The minimum absolute atomic E-state index is 0.121. The van der Waals surface area contributed by atoms with Gasteiger partial charge in [0.25, 0.3) is 0 Å². The summed E-state index contributed by atoms with van der Waals surface area (Å²) in [6, 6.07) is 13.1. The molecule has 4 rings (SSSR count). The Balaban J connectivity index is 1.87. The molecule has 1 unspecified atom stereocenters. The highest BCUT2D eigenvalue weighted by Crippen LogP contribution is 2.41. The third-order valence-corrected chi connectivity index (χ3v) is 5.84. The smallest absolute Gasteiger partial charge is 0.129 e. The molecule has 0 bridgehead atoms. The van der Waals surface area contributed by atoms with Crippen molar-refractivity contribution in [3.8, 4) is 5.75 Å². The predicted octanol–water partition coefficient (Wildman–Crippen LogP) is 5.34. The molecule has 1 aromatic heterocycles. The van der Waals surface area contributed by atoms with E-state index in [1.165, 1.54) is 27.5 Å². The van der Waals surface area contributed by atoms with Gasteiger partial charge in [-0.05, 0) is 46.4 Å². The van der Waals surface area contributed by atoms with Crippen molar-refractivity contribution >= 4 is 33.7 Å². The van der Waals surface area contributed by atoms with Gasteiger partial charge in [0.15, 0.2) is 0 Å². The molecule has 106 valence electrons. The fraction of sp³-hybridized carbons (Fsp3) is 0.222. The lowest BCUT2D eigenvalue weighted by Crippen LogP contribution is -1.93. The van der Waals surface area contributed by atoms with Gasteiger partial charge in [-0.25, -0.2) is 0 Å². The van der Waals surface area contributed by atoms with Gasteiger partial charge in [0, 0.05) is 10.3 Å². The number of halogens is 1. The van der Waals surface area contributed by atoms with Crippen LogP contribution in [0.5, 0.6) is 5.75 Å². The first-order valence-electron chi connectivity index (χ1n) is 7.08. The average molecular weight is 315 g/mol. The topological polar surface area (TPSA) is 9.23 Å². The SMILES string of the molecule is COc1csc(C(Cl)c2ccc3c4c(cccc24)CC3)c1. The Kier molecular flexibility index (Phi) is 3.16. The summed E-state index contributed by atoms with van der Waals surface area (Å²) in [6.07, 6.45) is 2.30. The molecule has 0 spiro atoms. The Bertz CT molecular complexity index is 811. The standard InChI is InChI=1S/C18H15ClOS/c1-20-13-9-16(21-10-13)18(19)15-8-7-12-6-5-11-3-2-4-14(15)17(11)12/h2-4,7-10,18H,5-6H2,1H3. The molecular weight excluding hydrogens is 300 g/mol. The first-order chi connectivity index (χ1) is 10.3. The van der Waals surface area contributed by atoms with Crippen LogP contribution < -0.4 is 4.74 Å². The van der Waals surface area contributed by atoms with E-state index in [9.17, 15) is 0 Å². The van der Waals surface area contributed by atoms with Crippen LogP contribution in [0.1, 0.15) is 26.9 Å². The van der Waals surface area contributed by atoms with Gasteiger partial charge in [-0.15, -0.1) is 22.9 Å². The van der Waals surface area contributed by atoms with Gasteiger partial charge < -0.3 is 4.74 Å². The van der Waals surface area contributed by atoms with E-state index >= 15 is 0 Å². The van der Waals surface area contributed by atoms with E-state index in [2.05, 4.69) is 30.3 Å². The number of hydrogen-bond acceptors (Lipinski definition) is 2. The summed E-state index contributed by atoms with van der Waals surface area (Å²) < 4.78 is 5.27. The molecule has 3 aromatic rings. The second kappa shape index (κ2) is 5.04. The average Bonchev–Trinajstić information content (AvgIpc) is 3.15. The second-order valence-corrected chi connectivity index (χ2v) is 6.78.